The molecule has 0 atom stereocenters. The van der Waals surface area contributed by atoms with Crippen molar-refractivity contribution in [1.29, 1.82) is 0 Å². The van der Waals surface area contributed by atoms with Crippen LogP contribution in [0.5, 0.6) is 0 Å². The molecule has 0 aliphatic carbocycles. The number of imidazole rings is 1. The van der Waals surface area contributed by atoms with E-state index in [1.54, 1.807) is 19.4 Å². The molecule has 4 heteroatoms. The van der Waals surface area contributed by atoms with Gasteiger partial charge in [0, 0.05) is 23.8 Å². The van der Waals surface area contributed by atoms with Crippen LogP contribution in [0.1, 0.15) is 6.92 Å². The molecule has 4 nitrogen and oxygen atoms in total. The minimum absolute atomic E-state index is 0.310. The Morgan fingerprint density at radius 1 is 1.47 bits per heavy atom. The number of aromatic nitrogens is 2. The van der Waals surface area contributed by atoms with Crippen molar-refractivity contribution in [2.45, 2.75) is 6.92 Å². The summed E-state index contributed by atoms with van der Waals surface area (Å²) in [7, 11) is 0. The van der Waals surface area contributed by atoms with Crippen molar-refractivity contribution in [3.05, 3.63) is 43.0 Å². The largest absolute Gasteiger partial charge is 0.315 e. The molecule has 0 spiro atoms. The molecule has 1 amide bonds. The van der Waals surface area contributed by atoms with Crippen LogP contribution >= 0.6 is 0 Å². The summed E-state index contributed by atoms with van der Waals surface area (Å²) in [5, 5.41) is 2.70. The van der Waals surface area contributed by atoms with Gasteiger partial charge in [0.2, 0.25) is 0 Å². The summed E-state index contributed by atoms with van der Waals surface area (Å²) in [6.07, 6.45) is 5.24. The molecule has 1 heterocycles. The molecule has 84 valence electrons. The van der Waals surface area contributed by atoms with Crippen molar-refractivity contribution in [2.75, 3.05) is 5.32 Å². The van der Waals surface area contributed by atoms with E-state index >= 15 is 0 Å². The minimum Gasteiger partial charge on any atom is -0.315 e. The van der Waals surface area contributed by atoms with Gasteiger partial charge in [0.15, 0.2) is 0 Å². The topological polar surface area (TPSA) is 46.9 Å². The lowest BCUT2D eigenvalue weighted by Gasteiger charge is -2.05. The molecule has 1 N–H and O–H groups in total. The molecule has 2 rings (SSSR count). The van der Waals surface area contributed by atoms with Crippen LogP contribution in [0, 0.1) is 11.8 Å². The number of carbonyl (C=O) groups is 1. The van der Waals surface area contributed by atoms with E-state index in [9.17, 15) is 4.79 Å². The van der Waals surface area contributed by atoms with Crippen LogP contribution in [0.2, 0.25) is 0 Å². The maximum Gasteiger partial charge on any atom is 0.300 e. The standard InChI is InChI=1S/C13H11N3O/c1-2-4-13(17)15-11-5-3-6-12(9-11)16-8-7-14-10-16/h3,5-10H,1H3,(H,15,17). The van der Waals surface area contributed by atoms with E-state index in [1.165, 1.54) is 0 Å². The van der Waals surface area contributed by atoms with Crippen LogP contribution < -0.4 is 5.32 Å². The van der Waals surface area contributed by atoms with Gasteiger partial charge in [-0.1, -0.05) is 12.0 Å². The number of hydrogen-bond acceptors (Lipinski definition) is 2. The number of rotatable bonds is 2. The van der Waals surface area contributed by atoms with Gasteiger partial charge in [-0.15, -0.1) is 0 Å². The highest BCUT2D eigenvalue weighted by Crippen LogP contribution is 2.14. The number of hydrogen-bond donors (Lipinski definition) is 1. The average molecular weight is 225 g/mol. The van der Waals surface area contributed by atoms with Crippen LogP contribution in [-0.4, -0.2) is 15.5 Å². The normalized spacial score (nSPS) is 9.24. The highest BCUT2D eigenvalue weighted by atomic mass is 16.1. The highest BCUT2D eigenvalue weighted by molar-refractivity contribution is 6.03. The molecule has 2 aromatic rings. The zero-order valence-electron chi connectivity index (χ0n) is 9.34. The van der Waals surface area contributed by atoms with Crippen molar-refractivity contribution in [3.63, 3.8) is 0 Å². The summed E-state index contributed by atoms with van der Waals surface area (Å²) in [5.41, 5.74) is 1.65. The van der Waals surface area contributed by atoms with Crippen LogP contribution in [0.25, 0.3) is 5.69 Å². The van der Waals surface area contributed by atoms with Crippen molar-refractivity contribution in [3.8, 4) is 17.5 Å². The Hall–Kier alpha value is -2.54. The van der Waals surface area contributed by atoms with Crippen LogP contribution in [0.15, 0.2) is 43.0 Å². The van der Waals surface area contributed by atoms with Gasteiger partial charge in [-0.25, -0.2) is 4.98 Å². The zero-order chi connectivity index (χ0) is 12.1. The minimum atomic E-state index is -0.310. The predicted molar refractivity (Wildman–Crippen MR) is 65.6 cm³/mol. The van der Waals surface area contributed by atoms with Gasteiger partial charge in [0.1, 0.15) is 0 Å². The molecule has 0 saturated carbocycles. The molecule has 0 radical (unpaired) electrons. The summed E-state index contributed by atoms with van der Waals surface area (Å²) in [6.45, 7) is 1.63. The van der Waals surface area contributed by atoms with Crippen molar-refractivity contribution >= 4 is 11.6 Å². The smallest absolute Gasteiger partial charge is 0.300 e. The maximum atomic E-state index is 11.3. The van der Waals surface area contributed by atoms with Gasteiger partial charge in [0.05, 0.1) is 6.33 Å². The van der Waals surface area contributed by atoms with Crippen molar-refractivity contribution in [2.24, 2.45) is 0 Å². The Morgan fingerprint density at radius 3 is 3.06 bits per heavy atom. The summed E-state index contributed by atoms with van der Waals surface area (Å²) in [4.78, 5) is 15.3. The van der Waals surface area contributed by atoms with Crippen LogP contribution in [0.4, 0.5) is 5.69 Å². The molecule has 17 heavy (non-hydrogen) atoms. The molecular weight excluding hydrogens is 214 g/mol. The SMILES string of the molecule is CC#CC(=O)Nc1cccc(-n2ccnc2)c1. The van der Waals surface area contributed by atoms with E-state index in [0.717, 1.165) is 5.69 Å². The molecule has 0 unspecified atom stereocenters. The predicted octanol–water partition coefficient (Wildman–Crippen LogP) is 1.83. The third-order valence-corrected chi connectivity index (χ3v) is 2.15. The molecular formula is C13H11N3O. The van der Waals surface area contributed by atoms with E-state index < -0.39 is 0 Å². The van der Waals surface area contributed by atoms with Crippen molar-refractivity contribution < 1.29 is 4.79 Å². The van der Waals surface area contributed by atoms with E-state index in [0.29, 0.717) is 5.69 Å². The first-order chi connectivity index (χ1) is 8.29. The van der Waals surface area contributed by atoms with E-state index in [4.69, 9.17) is 0 Å². The second-order valence-corrected chi connectivity index (χ2v) is 3.35. The van der Waals surface area contributed by atoms with E-state index in [-0.39, 0.29) is 5.91 Å². The number of anilines is 1. The third kappa shape index (κ3) is 2.73. The Morgan fingerprint density at radius 2 is 2.35 bits per heavy atom. The quantitative estimate of drug-likeness (QED) is 0.793. The Balaban J connectivity index is 2.22. The lowest BCUT2D eigenvalue weighted by atomic mass is 10.2. The first-order valence-electron chi connectivity index (χ1n) is 5.12. The Labute approximate surface area is 99.3 Å². The number of carbonyl (C=O) groups excluding carboxylic acids is 1. The fraction of sp³-hybridized carbons (Fsp3) is 0.0769. The number of benzene rings is 1. The first-order valence-corrected chi connectivity index (χ1v) is 5.12. The van der Waals surface area contributed by atoms with E-state index in [2.05, 4.69) is 22.1 Å². The lowest BCUT2D eigenvalue weighted by Crippen LogP contribution is -2.08. The first kappa shape index (κ1) is 11.0. The van der Waals surface area contributed by atoms with Crippen LogP contribution in [0.3, 0.4) is 0 Å². The maximum absolute atomic E-state index is 11.3. The zero-order valence-corrected chi connectivity index (χ0v) is 9.34. The number of amides is 1. The second kappa shape index (κ2) is 4.99. The molecule has 0 aliphatic rings. The summed E-state index contributed by atoms with van der Waals surface area (Å²) < 4.78 is 1.86. The molecule has 0 fully saturated rings. The lowest BCUT2D eigenvalue weighted by molar-refractivity contribution is -0.111. The second-order valence-electron chi connectivity index (χ2n) is 3.35. The fourth-order valence-electron chi connectivity index (χ4n) is 1.43. The van der Waals surface area contributed by atoms with Gasteiger partial charge in [0.25, 0.3) is 5.91 Å². The van der Waals surface area contributed by atoms with Gasteiger partial charge in [-0.2, -0.15) is 0 Å². The van der Waals surface area contributed by atoms with Gasteiger partial charge < -0.3 is 9.88 Å². The van der Waals surface area contributed by atoms with Crippen LogP contribution in [-0.2, 0) is 4.79 Å². The molecule has 0 bridgehead atoms. The number of nitrogens with zero attached hydrogens (tertiary/aromatic N) is 2. The summed E-state index contributed by atoms with van der Waals surface area (Å²) in [6, 6.07) is 7.47. The van der Waals surface area contributed by atoms with Gasteiger partial charge >= 0.3 is 0 Å². The molecule has 0 saturated heterocycles. The Bertz CT molecular complexity index is 576. The third-order valence-electron chi connectivity index (χ3n) is 2.15. The monoisotopic (exact) mass is 225 g/mol. The summed E-state index contributed by atoms with van der Waals surface area (Å²) in [5.74, 6) is 4.67. The highest BCUT2D eigenvalue weighted by Gasteiger charge is 2.00. The van der Waals surface area contributed by atoms with Crippen molar-refractivity contribution in [1.82, 2.24) is 9.55 Å². The summed E-state index contributed by atoms with van der Waals surface area (Å²) >= 11 is 0. The van der Waals surface area contributed by atoms with Gasteiger partial charge in [-0.05, 0) is 31.0 Å². The van der Waals surface area contributed by atoms with E-state index in [1.807, 2.05) is 35.0 Å². The molecule has 1 aromatic carbocycles. The average Bonchev–Trinajstić information content (AvgIpc) is 2.83. The molecule has 1 aromatic heterocycles. The van der Waals surface area contributed by atoms with Gasteiger partial charge in [-0.3, -0.25) is 4.79 Å². The number of nitrogens with one attached hydrogen (secondary N) is 1. The molecule has 0 aliphatic heterocycles. The fourth-order valence-corrected chi connectivity index (χ4v) is 1.43. The Kier molecular flexibility index (Phi) is 3.22.